The minimum absolute atomic E-state index is 0.0463. The van der Waals surface area contributed by atoms with Crippen LogP contribution in [0.15, 0.2) is 11.4 Å². The molecular formula is C10H15F2NO3. The Balaban J connectivity index is 0.000000168. The normalized spacial score (nSPS) is 20.2. The summed E-state index contributed by atoms with van der Waals surface area (Å²) in [6.07, 6.45) is 0. The van der Waals surface area contributed by atoms with Gasteiger partial charge in [0.15, 0.2) is 0 Å². The van der Waals surface area contributed by atoms with Crippen LogP contribution in [0.4, 0.5) is 8.78 Å². The number of fused-ring (bicyclic) bond motifs is 1. The number of hydrogen-bond donors (Lipinski definition) is 1. The molecule has 0 amide bonds. The Kier molecular flexibility index (Phi) is 3.23. The lowest BCUT2D eigenvalue weighted by molar-refractivity contribution is -0.138. The summed E-state index contributed by atoms with van der Waals surface area (Å²) in [7, 11) is 0. The van der Waals surface area contributed by atoms with Crippen molar-refractivity contribution in [1.82, 2.24) is 4.90 Å². The second kappa shape index (κ2) is 4.01. The van der Waals surface area contributed by atoms with Gasteiger partial charge in [-0.15, -0.1) is 0 Å². The molecule has 0 atom stereocenters. The molecule has 0 spiro atoms. The van der Waals surface area contributed by atoms with Crippen LogP contribution in [0.2, 0.25) is 0 Å². The third-order valence-corrected chi connectivity index (χ3v) is 2.07. The number of alkyl halides is 2. The van der Waals surface area contributed by atoms with Gasteiger partial charge in [-0.1, -0.05) is 0 Å². The quantitative estimate of drug-likeness (QED) is 0.728. The molecule has 0 unspecified atom stereocenters. The number of aliphatic hydroxyl groups is 1. The van der Waals surface area contributed by atoms with Gasteiger partial charge in [0, 0.05) is 0 Å². The van der Waals surface area contributed by atoms with Crippen molar-refractivity contribution in [2.24, 2.45) is 0 Å². The van der Waals surface area contributed by atoms with Crippen molar-refractivity contribution in [3.8, 4) is 0 Å². The van der Waals surface area contributed by atoms with E-state index < -0.39 is 5.92 Å². The lowest BCUT2D eigenvalue weighted by Crippen LogP contribution is -2.39. The summed E-state index contributed by atoms with van der Waals surface area (Å²) in [4.78, 5) is 11.0. The summed E-state index contributed by atoms with van der Waals surface area (Å²) in [5, 5.41) is 8.39. The zero-order valence-corrected chi connectivity index (χ0v) is 9.46. The zero-order valence-electron chi connectivity index (χ0n) is 9.46. The molecule has 6 heteroatoms. The Morgan fingerprint density at radius 1 is 1.56 bits per heavy atom. The molecule has 2 rings (SSSR count). The topological polar surface area (TPSA) is 49.5 Å². The second-order valence-corrected chi connectivity index (χ2v) is 4.57. The SMILES string of the molecule is CC(C)(C)OC=O.OCC1=C2N1CC2(F)F. The number of nitrogens with zero attached hydrogens (tertiary/aromatic N) is 1. The molecule has 0 bridgehead atoms. The highest BCUT2D eigenvalue weighted by Crippen LogP contribution is 2.53. The minimum Gasteiger partial charge on any atom is -0.462 e. The van der Waals surface area contributed by atoms with Gasteiger partial charge in [-0.2, -0.15) is 8.78 Å². The standard InChI is InChI=1S/C5H5F2NO.C5H10O2/c6-5(7)2-8-3(1-9)4(5)8;1-5(2,3)7-4-6/h9H,1-2H2;4H,1-3H3. The average molecular weight is 235 g/mol. The molecular weight excluding hydrogens is 220 g/mol. The first-order valence-corrected chi connectivity index (χ1v) is 4.84. The third kappa shape index (κ3) is 2.69. The summed E-state index contributed by atoms with van der Waals surface area (Å²) in [5.41, 5.74) is 0.145. The molecule has 2 aliphatic rings. The minimum atomic E-state index is -2.63. The fraction of sp³-hybridized carbons (Fsp3) is 0.700. The van der Waals surface area contributed by atoms with E-state index in [2.05, 4.69) is 4.74 Å². The fourth-order valence-electron chi connectivity index (χ4n) is 1.31. The van der Waals surface area contributed by atoms with Crippen LogP contribution in [-0.2, 0) is 9.53 Å². The van der Waals surface area contributed by atoms with Crippen LogP contribution in [0, 0.1) is 0 Å². The van der Waals surface area contributed by atoms with Gasteiger partial charge in [-0.25, -0.2) is 0 Å². The highest BCUT2D eigenvalue weighted by Gasteiger charge is 2.62. The Labute approximate surface area is 92.5 Å². The van der Waals surface area contributed by atoms with Crippen LogP contribution >= 0.6 is 0 Å². The van der Waals surface area contributed by atoms with E-state index in [-0.39, 0.29) is 24.4 Å². The predicted molar refractivity (Wildman–Crippen MR) is 52.7 cm³/mol. The maximum atomic E-state index is 12.2. The molecule has 0 aromatic carbocycles. The van der Waals surface area contributed by atoms with Gasteiger partial charge in [0.05, 0.1) is 18.8 Å². The van der Waals surface area contributed by atoms with Crippen LogP contribution in [0.1, 0.15) is 20.8 Å². The molecule has 0 aromatic rings. The molecule has 0 aromatic heterocycles. The average Bonchev–Trinajstić information content (AvgIpc) is 2.72. The maximum Gasteiger partial charge on any atom is 0.307 e. The Bertz CT molecular complexity index is 321. The zero-order chi connectivity index (χ0) is 12.6. The first-order valence-electron chi connectivity index (χ1n) is 4.84. The van der Waals surface area contributed by atoms with Crippen LogP contribution in [0.25, 0.3) is 0 Å². The van der Waals surface area contributed by atoms with E-state index in [1.54, 1.807) is 0 Å². The van der Waals surface area contributed by atoms with Crippen molar-refractivity contribution >= 4 is 6.47 Å². The Morgan fingerprint density at radius 3 is 2.19 bits per heavy atom. The molecule has 0 aliphatic carbocycles. The van der Waals surface area contributed by atoms with Crippen LogP contribution in [0.3, 0.4) is 0 Å². The largest absolute Gasteiger partial charge is 0.462 e. The molecule has 2 heterocycles. The van der Waals surface area contributed by atoms with Crippen molar-refractivity contribution in [3.05, 3.63) is 11.4 Å². The molecule has 1 saturated heterocycles. The summed E-state index contributed by atoms with van der Waals surface area (Å²) in [6.45, 7) is 5.45. The van der Waals surface area contributed by atoms with Gasteiger partial charge < -0.3 is 14.7 Å². The van der Waals surface area contributed by atoms with Crippen LogP contribution < -0.4 is 0 Å². The van der Waals surface area contributed by atoms with Gasteiger partial charge in [0.25, 0.3) is 6.47 Å². The lowest BCUT2D eigenvalue weighted by atomic mass is 10.2. The van der Waals surface area contributed by atoms with E-state index in [0.717, 1.165) is 0 Å². The first-order chi connectivity index (χ1) is 7.23. The smallest absolute Gasteiger partial charge is 0.307 e. The van der Waals surface area contributed by atoms with Crippen LogP contribution in [-0.4, -0.2) is 41.2 Å². The van der Waals surface area contributed by atoms with E-state index >= 15 is 0 Å². The van der Waals surface area contributed by atoms with Crippen molar-refractivity contribution < 1.29 is 23.4 Å². The molecule has 4 nitrogen and oxygen atoms in total. The second-order valence-electron chi connectivity index (χ2n) is 4.57. The van der Waals surface area contributed by atoms with Gasteiger partial charge in [0.1, 0.15) is 11.3 Å². The fourth-order valence-corrected chi connectivity index (χ4v) is 1.31. The van der Waals surface area contributed by atoms with Crippen LogP contribution in [0.5, 0.6) is 0 Å². The highest BCUT2D eigenvalue weighted by molar-refractivity contribution is 5.46. The van der Waals surface area contributed by atoms with E-state index in [1.165, 1.54) is 4.90 Å². The summed E-state index contributed by atoms with van der Waals surface area (Å²) < 4.78 is 28.9. The highest BCUT2D eigenvalue weighted by atomic mass is 19.3. The molecule has 0 radical (unpaired) electrons. The number of rotatable bonds is 2. The number of ether oxygens (including phenoxy) is 1. The van der Waals surface area contributed by atoms with Crippen molar-refractivity contribution in [2.75, 3.05) is 13.2 Å². The van der Waals surface area contributed by atoms with E-state index in [1.807, 2.05) is 20.8 Å². The van der Waals surface area contributed by atoms with Crippen molar-refractivity contribution in [2.45, 2.75) is 32.3 Å². The van der Waals surface area contributed by atoms with Gasteiger partial charge >= 0.3 is 5.92 Å². The number of aliphatic hydroxyl groups excluding tert-OH is 1. The molecule has 0 saturated carbocycles. The van der Waals surface area contributed by atoms with Crippen molar-refractivity contribution in [1.29, 1.82) is 0 Å². The maximum absolute atomic E-state index is 12.2. The molecule has 2 aliphatic heterocycles. The number of halogens is 2. The monoisotopic (exact) mass is 235 g/mol. The summed E-state index contributed by atoms with van der Waals surface area (Å²) >= 11 is 0. The molecule has 92 valence electrons. The Hall–Kier alpha value is -1.17. The van der Waals surface area contributed by atoms with Gasteiger partial charge in [0.2, 0.25) is 0 Å². The van der Waals surface area contributed by atoms with Gasteiger partial charge in [-0.3, -0.25) is 4.79 Å². The molecule has 16 heavy (non-hydrogen) atoms. The summed E-state index contributed by atoms with van der Waals surface area (Å²) in [6, 6.07) is 0. The van der Waals surface area contributed by atoms with E-state index in [4.69, 9.17) is 5.11 Å². The number of hydrogen-bond acceptors (Lipinski definition) is 4. The third-order valence-electron chi connectivity index (χ3n) is 2.07. The molecule has 1 fully saturated rings. The van der Waals surface area contributed by atoms with E-state index in [9.17, 15) is 13.6 Å². The predicted octanol–water partition coefficient (Wildman–Crippen LogP) is 1.11. The van der Waals surface area contributed by atoms with E-state index in [0.29, 0.717) is 12.2 Å². The number of carbonyl (C=O) groups is 1. The Morgan fingerprint density at radius 2 is 2.12 bits per heavy atom. The van der Waals surface area contributed by atoms with Crippen molar-refractivity contribution in [3.63, 3.8) is 0 Å². The molecule has 1 N–H and O–H groups in total. The lowest BCUT2D eigenvalue weighted by Gasteiger charge is -2.25. The summed E-state index contributed by atoms with van der Waals surface area (Å²) in [5.74, 6) is -2.63. The number of carbonyl (C=O) groups excluding carboxylic acids is 1. The van der Waals surface area contributed by atoms with Gasteiger partial charge in [-0.05, 0) is 20.8 Å². The first kappa shape index (κ1) is 12.9.